The number of piperidine rings is 1. The lowest BCUT2D eigenvalue weighted by Gasteiger charge is -2.42. The Balaban J connectivity index is 1.38. The van der Waals surface area contributed by atoms with Crippen LogP contribution in [0.3, 0.4) is 0 Å². The minimum atomic E-state index is 0.706. The van der Waals surface area contributed by atoms with Gasteiger partial charge >= 0.3 is 0 Å². The number of thioether (sulfide) groups is 1. The number of aromatic nitrogens is 1. The molecule has 5 nitrogen and oxygen atoms in total. The lowest BCUT2D eigenvalue weighted by atomic mass is 10.0. The number of hydrogen-bond acceptors (Lipinski definition) is 6. The Kier molecular flexibility index (Phi) is 7.78. The van der Waals surface area contributed by atoms with Gasteiger partial charge in [0.15, 0.2) is 0 Å². The Morgan fingerprint density at radius 2 is 1.79 bits per heavy atom. The Morgan fingerprint density at radius 3 is 2.45 bits per heavy atom. The number of fused-ring (bicyclic) bond motifs is 1. The highest BCUT2D eigenvalue weighted by Gasteiger charge is 2.27. The summed E-state index contributed by atoms with van der Waals surface area (Å²) in [5.41, 5.74) is 1.21. The Bertz CT molecular complexity index is 1030. The zero-order valence-corrected chi connectivity index (χ0v) is 21.1. The summed E-state index contributed by atoms with van der Waals surface area (Å²) in [5, 5.41) is 5.78. The van der Waals surface area contributed by atoms with Crippen LogP contribution in [0.5, 0.6) is 0 Å². The zero-order valence-electron chi connectivity index (χ0n) is 20.3. The molecule has 176 valence electrons. The number of benzene rings is 1. The monoisotopic (exact) mass is 463 g/mol. The molecule has 0 unspecified atom stereocenters. The summed E-state index contributed by atoms with van der Waals surface area (Å²) in [4.78, 5) is 14.4. The molecule has 3 heterocycles. The van der Waals surface area contributed by atoms with Crippen LogP contribution < -0.4 is 5.32 Å². The van der Waals surface area contributed by atoms with E-state index in [0.717, 1.165) is 35.0 Å². The summed E-state index contributed by atoms with van der Waals surface area (Å²) in [6, 6.07) is 9.36. The molecule has 0 bridgehead atoms. The van der Waals surface area contributed by atoms with Gasteiger partial charge in [0.05, 0.1) is 5.82 Å². The van der Waals surface area contributed by atoms with Crippen LogP contribution in [0, 0.1) is 0 Å². The highest BCUT2D eigenvalue weighted by atomic mass is 32.2. The molecule has 0 aliphatic carbocycles. The number of likely N-dealkylation sites (N-methyl/N-ethyl adjacent to an activating group) is 1. The molecule has 1 N–H and O–H groups in total. The van der Waals surface area contributed by atoms with Crippen molar-refractivity contribution in [3.63, 3.8) is 0 Å². The molecule has 1 aromatic carbocycles. The van der Waals surface area contributed by atoms with E-state index >= 15 is 0 Å². The van der Waals surface area contributed by atoms with Gasteiger partial charge in [-0.1, -0.05) is 43.1 Å². The van der Waals surface area contributed by atoms with Crippen molar-refractivity contribution in [3.05, 3.63) is 66.0 Å². The number of pyridine rings is 1. The third kappa shape index (κ3) is 5.99. The van der Waals surface area contributed by atoms with Crippen molar-refractivity contribution in [2.75, 3.05) is 51.6 Å². The van der Waals surface area contributed by atoms with Crippen LogP contribution >= 0.6 is 11.8 Å². The summed E-state index contributed by atoms with van der Waals surface area (Å²) in [7, 11) is 2.22. The van der Waals surface area contributed by atoms with E-state index in [4.69, 9.17) is 0 Å². The fraction of sp³-hybridized carbons (Fsp3) is 0.444. The highest BCUT2D eigenvalue weighted by molar-refractivity contribution is 8.11. The molecule has 0 atom stereocenters. The number of anilines is 1. The SMILES string of the molecule is C=C(C)S/C(=C/C)c1ccc2cnc(NC(=C)N3CCC(N4CCN(C)CC4)CC3)cc2c1. The van der Waals surface area contributed by atoms with E-state index < -0.39 is 0 Å². The van der Waals surface area contributed by atoms with Crippen LogP contribution in [0.15, 0.2) is 60.4 Å². The summed E-state index contributed by atoms with van der Waals surface area (Å²) in [6.45, 7) is 19.3. The second-order valence-corrected chi connectivity index (χ2v) is 10.6. The van der Waals surface area contributed by atoms with Gasteiger partial charge in [0, 0.05) is 61.8 Å². The van der Waals surface area contributed by atoms with Gasteiger partial charge in [0.1, 0.15) is 5.82 Å². The van der Waals surface area contributed by atoms with E-state index in [9.17, 15) is 0 Å². The molecule has 2 aromatic rings. The van der Waals surface area contributed by atoms with E-state index in [1.807, 2.05) is 13.1 Å². The van der Waals surface area contributed by atoms with Crippen LogP contribution in [0.25, 0.3) is 15.7 Å². The first-order valence-electron chi connectivity index (χ1n) is 12.0. The first-order chi connectivity index (χ1) is 15.9. The molecule has 2 aliphatic rings. The quantitative estimate of drug-likeness (QED) is 0.588. The predicted octanol–water partition coefficient (Wildman–Crippen LogP) is 5.46. The van der Waals surface area contributed by atoms with Crippen molar-refractivity contribution >= 4 is 33.3 Å². The van der Waals surface area contributed by atoms with Gasteiger partial charge in [-0.25, -0.2) is 4.98 Å². The average molecular weight is 464 g/mol. The highest BCUT2D eigenvalue weighted by Crippen LogP contribution is 2.34. The number of likely N-dealkylation sites (tertiary alicyclic amines) is 1. The first kappa shape index (κ1) is 23.9. The van der Waals surface area contributed by atoms with E-state index in [2.05, 4.69) is 82.5 Å². The van der Waals surface area contributed by atoms with E-state index in [1.165, 1.54) is 54.9 Å². The van der Waals surface area contributed by atoms with Gasteiger partial charge in [-0.15, -0.1) is 0 Å². The molecule has 0 spiro atoms. The van der Waals surface area contributed by atoms with Crippen molar-refractivity contribution in [3.8, 4) is 0 Å². The third-order valence-corrected chi connectivity index (χ3v) is 7.77. The standard InChI is InChI=1S/C27H37N5S/c1-6-26(33-20(2)3)22-7-8-23-19-28-27(18-24(23)17-22)29-21(4)31-11-9-25(10-12-31)32-15-13-30(5)14-16-32/h6-8,17-19,25H,2,4,9-16H2,1,3,5H3,(H,28,29)/b26-6+. The van der Waals surface area contributed by atoms with Crippen molar-refractivity contribution < 1.29 is 0 Å². The lowest BCUT2D eigenvalue weighted by Crippen LogP contribution is -2.52. The zero-order chi connectivity index (χ0) is 23.4. The molecule has 6 heteroatoms. The molecule has 2 saturated heterocycles. The van der Waals surface area contributed by atoms with Crippen molar-refractivity contribution in [2.45, 2.75) is 32.7 Å². The average Bonchev–Trinajstić information content (AvgIpc) is 2.82. The molecule has 0 saturated carbocycles. The smallest absolute Gasteiger partial charge is 0.131 e. The largest absolute Gasteiger partial charge is 0.359 e. The lowest BCUT2D eigenvalue weighted by molar-refractivity contribution is 0.0761. The van der Waals surface area contributed by atoms with Crippen LogP contribution in [0.4, 0.5) is 5.82 Å². The van der Waals surface area contributed by atoms with Crippen LogP contribution in [-0.4, -0.2) is 72.0 Å². The number of nitrogens with one attached hydrogen (secondary N) is 1. The molecule has 1 aromatic heterocycles. The minimum absolute atomic E-state index is 0.706. The molecular formula is C27H37N5S. The fourth-order valence-electron chi connectivity index (χ4n) is 4.75. The second kappa shape index (κ2) is 10.8. The van der Waals surface area contributed by atoms with Crippen molar-refractivity contribution in [1.29, 1.82) is 0 Å². The van der Waals surface area contributed by atoms with Crippen molar-refractivity contribution in [1.82, 2.24) is 19.7 Å². The van der Waals surface area contributed by atoms with Gasteiger partial charge in [0.2, 0.25) is 0 Å². The summed E-state index contributed by atoms with van der Waals surface area (Å²) in [6.07, 6.45) is 6.49. The molecule has 2 fully saturated rings. The van der Waals surface area contributed by atoms with Crippen LogP contribution in [-0.2, 0) is 0 Å². The molecule has 2 aliphatic heterocycles. The maximum absolute atomic E-state index is 4.63. The van der Waals surface area contributed by atoms with Gasteiger partial charge in [-0.05, 0) is 61.7 Å². The van der Waals surface area contributed by atoms with Gasteiger partial charge in [0.25, 0.3) is 0 Å². The number of allylic oxidation sites excluding steroid dienone is 2. The van der Waals surface area contributed by atoms with E-state index in [0.29, 0.717) is 6.04 Å². The Hall–Kier alpha value is -2.28. The fourth-order valence-corrected chi connectivity index (χ4v) is 5.49. The maximum Gasteiger partial charge on any atom is 0.131 e. The number of hydrogen-bond donors (Lipinski definition) is 1. The first-order valence-corrected chi connectivity index (χ1v) is 12.8. The normalized spacial score (nSPS) is 19.1. The minimum Gasteiger partial charge on any atom is -0.359 e. The van der Waals surface area contributed by atoms with Crippen LogP contribution in [0.1, 0.15) is 32.3 Å². The van der Waals surface area contributed by atoms with Gasteiger partial charge in [-0.2, -0.15) is 0 Å². The second-order valence-electron chi connectivity index (χ2n) is 9.22. The van der Waals surface area contributed by atoms with E-state index in [-0.39, 0.29) is 0 Å². The topological polar surface area (TPSA) is 34.6 Å². The molecule has 33 heavy (non-hydrogen) atoms. The van der Waals surface area contributed by atoms with Gasteiger partial charge < -0.3 is 15.1 Å². The predicted molar refractivity (Wildman–Crippen MR) is 144 cm³/mol. The summed E-state index contributed by atoms with van der Waals surface area (Å²) < 4.78 is 0. The number of rotatable bonds is 7. The Labute approximate surface area is 203 Å². The molecular weight excluding hydrogens is 426 g/mol. The summed E-state index contributed by atoms with van der Waals surface area (Å²) >= 11 is 1.71. The van der Waals surface area contributed by atoms with Crippen molar-refractivity contribution in [2.24, 2.45) is 0 Å². The number of nitrogens with zero attached hydrogens (tertiary/aromatic N) is 4. The molecule has 0 radical (unpaired) electrons. The molecule has 4 rings (SSSR count). The molecule has 0 amide bonds. The van der Waals surface area contributed by atoms with Gasteiger partial charge in [-0.3, -0.25) is 4.90 Å². The summed E-state index contributed by atoms with van der Waals surface area (Å²) in [5.74, 6) is 1.79. The van der Waals surface area contributed by atoms with Crippen LogP contribution in [0.2, 0.25) is 0 Å². The number of piperazine rings is 1. The Morgan fingerprint density at radius 1 is 1.06 bits per heavy atom. The third-order valence-electron chi connectivity index (χ3n) is 6.73. The van der Waals surface area contributed by atoms with E-state index in [1.54, 1.807) is 11.8 Å². The maximum atomic E-state index is 4.63.